The average Bonchev–Trinajstić information content (AvgIpc) is 3.26. The van der Waals surface area contributed by atoms with E-state index in [4.69, 9.17) is 37.4 Å². The van der Waals surface area contributed by atoms with E-state index in [1.54, 1.807) is 70.4 Å². The van der Waals surface area contributed by atoms with Gasteiger partial charge in [-0.3, -0.25) is 9.36 Å². The molecular formula is C32H28Cl2N2O5S. The van der Waals surface area contributed by atoms with Crippen LogP contribution in [0, 0.1) is 0 Å². The number of carbonyl (C=O) groups excluding carboxylic acids is 1. The molecule has 0 unspecified atom stereocenters. The van der Waals surface area contributed by atoms with Gasteiger partial charge in [0.25, 0.3) is 5.56 Å². The number of hydrogen-bond donors (Lipinski definition) is 0. The summed E-state index contributed by atoms with van der Waals surface area (Å²) < 4.78 is 18.9. The minimum atomic E-state index is -0.740. The summed E-state index contributed by atoms with van der Waals surface area (Å²) in [6, 6.07) is 19.2. The first-order valence-corrected chi connectivity index (χ1v) is 14.8. The van der Waals surface area contributed by atoms with Crippen molar-refractivity contribution in [2.75, 3.05) is 7.11 Å². The lowest BCUT2D eigenvalue weighted by atomic mass is 9.96. The highest BCUT2D eigenvalue weighted by Gasteiger charge is 2.33. The molecule has 1 aliphatic heterocycles. The largest absolute Gasteiger partial charge is 0.497 e. The third-order valence-electron chi connectivity index (χ3n) is 6.62. The molecule has 1 atom stereocenters. The zero-order valence-electron chi connectivity index (χ0n) is 23.4. The topological polar surface area (TPSA) is 79.1 Å². The Kier molecular flexibility index (Phi) is 8.87. The third-order valence-corrected chi connectivity index (χ3v) is 8.20. The minimum Gasteiger partial charge on any atom is -0.497 e. The maximum atomic E-state index is 14.0. The van der Waals surface area contributed by atoms with E-state index in [0.717, 1.165) is 11.1 Å². The molecule has 0 bridgehead atoms. The standard InChI is InChI=1S/C32H28Cl2N2O5S/c1-18(2)41-31(38)28-19(3)35-32-36(29(28)20-9-12-24(39-4)13-10-20)30(37)27(42-32)16-22-15-23(33)11-14-26(22)40-17-21-7-5-6-8-25(21)34/h5-16,18,29H,17H2,1-4H3/b27-16-/t29-/m1/s1. The van der Waals surface area contributed by atoms with E-state index in [9.17, 15) is 9.59 Å². The van der Waals surface area contributed by atoms with E-state index in [1.165, 1.54) is 15.9 Å². The van der Waals surface area contributed by atoms with Gasteiger partial charge < -0.3 is 14.2 Å². The normalized spacial score (nSPS) is 14.9. The Bertz CT molecular complexity index is 1860. The molecule has 5 rings (SSSR count). The van der Waals surface area contributed by atoms with E-state index >= 15 is 0 Å². The number of esters is 1. The number of benzene rings is 3. The predicted molar refractivity (Wildman–Crippen MR) is 165 cm³/mol. The molecule has 4 aromatic rings. The number of carbonyl (C=O) groups is 1. The number of thiazole rings is 1. The van der Waals surface area contributed by atoms with Crippen molar-refractivity contribution in [3.8, 4) is 11.5 Å². The number of fused-ring (bicyclic) bond motifs is 1. The SMILES string of the molecule is COc1ccc([C@@H]2C(C(=O)OC(C)C)=C(C)N=c3s/c(=C\c4cc(Cl)ccc4OCc4ccccc4Cl)c(=O)n32)cc1. The maximum absolute atomic E-state index is 14.0. The van der Waals surface area contributed by atoms with Gasteiger partial charge in [0.1, 0.15) is 18.1 Å². The van der Waals surface area contributed by atoms with Crippen LogP contribution in [-0.2, 0) is 16.1 Å². The summed E-state index contributed by atoms with van der Waals surface area (Å²) in [7, 11) is 1.58. The van der Waals surface area contributed by atoms with Gasteiger partial charge >= 0.3 is 5.97 Å². The van der Waals surface area contributed by atoms with Crippen LogP contribution in [0.5, 0.6) is 11.5 Å². The predicted octanol–water partition coefficient (Wildman–Crippen LogP) is 6.08. The van der Waals surface area contributed by atoms with Crippen LogP contribution in [0.25, 0.3) is 6.08 Å². The van der Waals surface area contributed by atoms with Crippen molar-refractivity contribution in [1.82, 2.24) is 4.57 Å². The summed E-state index contributed by atoms with van der Waals surface area (Å²) in [6.07, 6.45) is 1.39. The monoisotopic (exact) mass is 622 g/mol. The van der Waals surface area contributed by atoms with Crippen molar-refractivity contribution in [1.29, 1.82) is 0 Å². The van der Waals surface area contributed by atoms with Crippen LogP contribution in [0.2, 0.25) is 10.0 Å². The van der Waals surface area contributed by atoms with E-state index in [2.05, 4.69) is 4.99 Å². The number of aromatic nitrogens is 1. The lowest BCUT2D eigenvalue weighted by molar-refractivity contribution is -0.143. The molecule has 0 saturated carbocycles. The van der Waals surface area contributed by atoms with Gasteiger partial charge in [-0.2, -0.15) is 0 Å². The Balaban J connectivity index is 1.62. The summed E-state index contributed by atoms with van der Waals surface area (Å²) in [5.74, 6) is 0.670. The van der Waals surface area contributed by atoms with Crippen molar-refractivity contribution in [2.45, 2.75) is 39.5 Å². The van der Waals surface area contributed by atoms with Crippen LogP contribution in [0.3, 0.4) is 0 Å². The molecule has 7 nitrogen and oxygen atoms in total. The van der Waals surface area contributed by atoms with E-state index < -0.39 is 12.0 Å². The quantitative estimate of drug-likeness (QED) is 0.223. The molecule has 3 aromatic carbocycles. The Labute approximate surface area is 256 Å². The number of rotatable bonds is 8. The van der Waals surface area contributed by atoms with Gasteiger partial charge in [-0.05, 0) is 68.8 Å². The van der Waals surface area contributed by atoms with Crippen molar-refractivity contribution in [2.24, 2.45) is 4.99 Å². The van der Waals surface area contributed by atoms with E-state index in [-0.39, 0.29) is 18.3 Å². The molecule has 0 saturated heterocycles. The van der Waals surface area contributed by atoms with Crippen molar-refractivity contribution >= 4 is 46.6 Å². The molecule has 1 aliphatic rings. The van der Waals surface area contributed by atoms with Crippen LogP contribution < -0.4 is 24.4 Å². The second-order valence-corrected chi connectivity index (χ2v) is 11.7. The molecule has 216 valence electrons. The van der Waals surface area contributed by atoms with Crippen LogP contribution >= 0.6 is 34.5 Å². The van der Waals surface area contributed by atoms with Gasteiger partial charge in [0.15, 0.2) is 4.80 Å². The number of halogens is 2. The number of hydrogen-bond acceptors (Lipinski definition) is 7. The Morgan fingerprint density at radius 3 is 2.52 bits per heavy atom. The second-order valence-electron chi connectivity index (χ2n) is 9.87. The highest BCUT2D eigenvalue weighted by Crippen LogP contribution is 2.32. The number of allylic oxidation sites excluding steroid dienone is 1. The van der Waals surface area contributed by atoms with E-state index in [0.29, 0.717) is 47.7 Å². The molecule has 0 amide bonds. The molecule has 0 fully saturated rings. The molecule has 0 spiro atoms. The first-order chi connectivity index (χ1) is 20.2. The van der Waals surface area contributed by atoms with Gasteiger partial charge in [-0.1, -0.05) is 64.9 Å². The number of nitrogens with zero attached hydrogens (tertiary/aromatic N) is 2. The summed E-state index contributed by atoms with van der Waals surface area (Å²) in [5, 5.41) is 1.09. The van der Waals surface area contributed by atoms with Gasteiger partial charge in [-0.15, -0.1) is 0 Å². The second kappa shape index (κ2) is 12.6. The molecule has 2 heterocycles. The van der Waals surface area contributed by atoms with Gasteiger partial charge in [0.05, 0.1) is 35.1 Å². The zero-order chi connectivity index (χ0) is 30.0. The highest BCUT2D eigenvalue weighted by molar-refractivity contribution is 7.07. The van der Waals surface area contributed by atoms with Crippen molar-refractivity contribution in [3.05, 3.63) is 124 Å². The van der Waals surface area contributed by atoms with Crippen molar-refractivity contribution < 1.29 is 19.0 Å². The third kappa shape index (κ3) is 6.16. The molecule has 0 radical (unpaired) electrons. The lowest BCUT2D eigenvalue weighted by Gasteiger charge is -2.25. The van der Waals surface area contributed by atoms with Crippen LogP contribution in [0.15, 0.2) is 87.8 Å². The van der Waals surface area contributed by atoms with Crippen LogP contribution in [-0.4, -0.2) is 23.8 Å². The smallest absolute Gasteiger partial charge is 0.338 e. The zero-order valence-corrected chi connectivity index (χ0v) is 25.7. The Morgan fingerprint density at radius 2 is 1.83 bits per heavy atom. The van der Waals surface area contributed by atoms with Crippen LogP contribution in [0.4, 0.5) is 0 Å². The maximum Gasteiger partial charge on any atom is 0.338 e. The van der Waals surface area contributed by atoms with E-state index in [1.807, 2.05) is 30.3 Å². The summed E-state index contributed by atoms with van der Waals surface area (Å²) >= 11 is 13.9. The van der Waals surface area contributed by atoms with Crippen LogP contribution in [0.1, 0.15) is 43.5 Å². The Hall–Kier alpha value is -3.85. The first kappa shape index (κ1) is 29.6. The van der Waals surface area contributed by atoms with Gasteiger partial charge in [-0.25, -0.2) is 9.79 Å². The molecule has 1 aromatic heterocycles. The molecule has 42 heavy (non-hydrogen) atoms. The molecule has 0 aliphatic carbocycles. The minimum absolute atomic E-state index is 0.237. The summed E-state index contributed by atoms with van der Waals surface area (Å²) in [5.41, 5.74) is 2.66. The lowest BCUT2D eigenvalue weighted by Crippen LogP contribution is -2.40. The number of ether oxygens (including phenoxy) is 3. The molecule has 10 heteroatoms. The Morgan fingerprint density at radius 1 is 1.10 bits per heavy atom. The molecular weight excluding hydrogens is 595 g/mol. The summed E-state index contributed by atoms with van der Waals surface area (Å²) in [6.45, 7) is 5.55. The average molecular weight is 624 g/mol. The first-order valence-electron chi connectivity index (χ1n) is 13.2. The highest BCUT2D eigenvalue weighted by atomic mass is 35.5. The number of methoxy groups -OCH3 is 1. The van der Waals surface area contributed by atoms with Crippen molar-refractivity contribution in [3.63, 3.8) is 0 Å². The molecule has 0 N–H and O–H groups in total. The fourth-order valence-corrected chi connectivity index (χ4v) is 6.05. The van der Waals surface area contributed by atoms with Gasteiger partial charge in [0, 0.05) is 21.2 Å². The summed E-state index contributed by atoms with van der Waals surface area (Å²) in [4.78, 5) is 32.5. The fraction of sp³-hybridized carbons (Fsp3) is 0.219. The van der Waals surface area contributed by atoms with Gasteiger partial charge in [0.2, 0.25) is 0 Å². The fourth-order valence-electron chi connectivity index (χ4n) is 4.64.